The highest BCUT2D eigenvalue weighted by Gasteiger charge is 2.19. The molecule has 3 heteroatoms. The van der Waals surface area contributed by atoms with Gasteiger partial charge in [0.25, 0.3) is 0 Å². The Hall–Kier alpha value is -0.570. The molecule has 0 unspecified atom stereocenters. The number of hydrogen-bond donors (Lipinski definition) is 1. The van der Waals surface area contributed by atoms with Crippen molar-refractivity contribution in [1.29, 1.82) is 0 Å². The summed E-state index contributed by atoms with van der Waals surface area (Å²) in [5, 5.41) is 8.47. The number of carboxylic acid groups (broad SMARTS) is 1. The molecule has 0 rings (SSSR count). The van der Waals surface area contributed by atoms with E-state index in [0.717, 1.165) is 25.8 Å². The average Bonchev–Trinajstić information content (AvgIpc) is 2.11. The summed E-state index contributed by atoms with van der Waals surface area (Å²) >= 11 is 0. The number of nitrogens with zero attached hydrogens (tertiary/aromatic N) is 1. The summed E-state index contributed by atoms with van der Waals surface area (Å²) in [6.07, 6.45) is 3.15. The quantitative estimate of drug-likeness (QED) is 0.643. The minimum atomic E-state index is -0.692. The van der Waals surface area contributed by atoms with E-state index < -0.39 is 5.97 Å². The first-order chi connectivity index (χ1) is 6.40. The van der Waals surface area contributed by atoms with E-state index in [9.17, 15) is 4.79 Å². The van der Waals surface area contributed by atoms with Gasteiger partial charge in [-0.3, -0.25) is 4.79 Å². The van der Waals surface area contributed by atoms with Crippen LogP contribution in [0.25, 0.3) is 0 Å². The molecule has 0 saturated heterocycles. The fourth-order valence-electron chi connectivity index (χ4n) is 1.20. The molecule has 0 amide bonds. The number of rotatable bonds is 7. The standard InChI is InChI=1S/C11H23NO2/c1-5-11(2,3)12(4)9-7-6-8-10(13)14/h5-9H2,1-4H3,(H,13,14). The van der Waals surface area contributed by atoms with E-state index in [2.05, 4.69) is 32.7 Å². The second kappa shape index (κ2) is 6.02. The third kappa shape index (κ3) is 5.22. The second-order valence-corrected chi connectivity index (χ2v) is 4.44. The molecule has 0 aromatic heterocycles. The SMILES string of the molecule is CCC(C)(C)N(C)CCCCC(=O)O. The number of hydrogen-bond acceptors (Lipinski definition) is 2. The monoisotopic (exact) mass is 201 g/mol. The van der Waals surface area contributed by atoms with Gasteiger partial charge in [0, 0.05) is 12.0 Å². The fraction of sp³-hybridized carbons (Fsp3) is 0.909. The van der Waals surface area contributed by atoms with Crippen molar-refractivity contribution in [3.63, 3.8) is 0 Å². The highest BCUT2D eigenvalue weighted by Crippen LogP contribution is 2.16. The second-order valence-electron chi connectivity index (χ2n) is 4.44. The summed E-state index contributed by atoms with van der Waals surface area (Å²) in [7, 11) is 2.10. The van der Waals surface area contributed by atoms with Crippen LogP contribution >= 0.6 is 0 Å². The molecular formula is C11H23NO2. The van der Waals surface area contributed by atoms with Crippen molar-refractivity contribution < 1.29 is 9.90 Å². The molecule has 1 N–H and O–H groups in total. The van der Waals surface area contributed by atoms with Crippen LogP contribution in [0.4, 0.5) is 0 Å². The van der Waals surface area contributed by atoms with Gasteiger partial charge in [0.15, 0.2) is 0 Å². The molecule has 0 aliphatic heterocycles. The molecule has 0 heterocycles. The molecule has 0 aromatic carbocycles. The highest BCUT2D eigenvalue weighted by molar-refractivity contribution is 5.66. The maximum absolute atomic E-state index is 10.3. The van der Waals surface area contributed by atoms with Gasteiger partial charge >= 0.3 is 5.97 Å². The van der Waals surface area contributed by atoms with Gasteiger partial charge in [-0.05, 0) is 46.7 Å². The van der Waals surface area contributed by atoms with Crippen LogP contribution in [-0.2, 0) is 4.79 Å². The Bertz CT molecular complexity index is 178. The van der Waals surface area contributed by atoms with Crippen LogP contribution in [0.1, 0.15) is 46.5 Å². The van der Waals surface area contributed by atoms with Crippen molar-refractivity contribution in [2.75, 3.05) is 13.6 Å². The van der Waals surface area contributed by atoms with Gasteiger partial charge in [-0.2, -0.15) is 0 Å². The number of unbranched alkanes of at least 4 members (excludes halogenated alkanes) is 1. The molecule has 0 spiro atoms. The van der Waals surface area contributed by atoms with Crippen LogP contribution in [-0.4, -0.2) is 35.1 Å². The van der Waals surface area contributed by atoms with Crippen LogP contribution in [0.3, 0.4) is 0 Å². The van der Waals surface area contributed by atoms with Gasteiger partial charge in [-0.1, -0.05) is 6.92 Å². The molecule has 84 valence electrons. The zero-order valence-corrected chi connectivity index (χ0v) is 9.84. The summed E-state index contributed by atoms with van der Waals surface area (Å²) in [6.45, 7) is 7.58. The van der Waals surface area contributed by atoms with Crippen molar-refractivity contribution >= 4 is 5.97 Å². The zero-order chi connectivity index (χ0) is 11.2. The molecule has 0 saturated carbocycles. The van der Waals surface area contributed by atoms with E-state index in [-0.39, 0.29) is 5.54 Å². The summed E-state index contributed by atoms with van der Waals surface area (Å²) in [6, 6.07) is 0. The molecular weight excluding hydrogens is 178 g/mol. The predicted octanol–water partition coefficient (Wildman–Crippen LogP) is 2.36. The van der Waals surface area contributed by atoms with Crippen molar-refractivity contribution in [2.45, 2.75) is 52.0 Å². The van der Waals surface area contributed by atoms with Crippen LogP contribution in [0.2, 0.25) is 0 Å². The molecule has 3 nitrogen and oxygen atoms in total. The van der Waals surface area contributed by atoms with Crippen molar-refractivity contribution in [2.24, 2.45) is 0 Å². The van der Waals surface area contributed by atoms with Gasteiger partial charge in [0.2, 0.25) is 0 Å². The zero-order valence-electron chi connectivity index (χ0n) is 9.84. The van der Waals surface area contributed by atoms with Crippen molar-refractivity contribution in [1.82, 2.24) is 4.90 Å². The van der Waals surface area contributed by atoms with E-state index in [4.69, 9.17) is 5.11 Å². The summed E-state index contributed by atoms with van der Waals surface area (Å²) in [5.41, 5.74) is 0.225. The summed E-state index contributed by atoms with van der Waals surface area (Å²) in [5.74, 6) is -0.692. The van der Waals surface area contributed by atoms with E-state index in [1.165, 1.54) is 0 Å². The lowest BCUT2D eigenvalue weighted by molar-refractivity contribution is -0.137. The van der Waals surface area contributed by atoms with Crippen LogP contribution in [0, 0.1) is 0 Å². The first-order valence-electron chi connectivity index (χ1n) is 5.33. The lowest BCUT2D eigenvalue weighted by atomic mass is 9.99. The third-order valence-corrected chi connectivity index (χ3v) is 3.03. The molecule has 0 aliphatic rings. The minimum Gasteiger partial charge on any atom is -0.481 e. The lowest BCUT2D eigenvalue weighted by Gasteiger charge is -2.34. The minimum absolute atomic E-state index is 0.225. The van der Waals surface area contributed by atoms with Crippen LogP contribution in [0.15, 0.2) is 0 Å². The van der Waals surface area contributed by atoms with E-state index >= 15 is 0 Å². The summed E-state index contributed by atoms with van der Waals surface area (Å²) in [4.78, 5) is 12.6. The number of carbonyl (C=O) groups is 1. The maximum atomic E-state index is 10.3. The van der Waals surface area contributed by atoms with Gasteiger partial charge in [0.1, 0.15) is 0 Å². The van der Waals surface area contributed by atoms with Crippen LogP contribution in [0.5, 0.6) is 0 Å². The van der Waals surface area contributed by atoms with Gasteiger partial charge < -0.3 is 10.0 Å². The molecule has 0 aliphatic carbocycles. The third-order valence-electron chi connectivity index (χ3n) is 3.03. The number of carboxylic acids is 1. The van der Waals surface area contributed by atoms with Gasteiger partial charge in [-0.15, -0.1) is 0 Å². The van der Waals surface area contributed by atoms with Gasteiger partial charge in [0.05, 0.1) is 0 Å². The van der Waals surface area contributed by atoms with Crippen molar-refractivity contribution in [3.05, 3.63) is 0 Å². The topological polar surface area (TPSA) is 40.5 Å². The average molecular weight is 201 g/mol. The molecule has 0 aromatic rings. The van der Waals surface area contributed by atoms with E-state index in [1.807, 2.05) is 0 Å². The van der Waals surface area contributed by atoms with Crippen LogP contribution < -0.4 is 0 Å². The Kier molecular flexibility index (Phi) is 5.77. The first kappa shape index (κ1) is 13.4. The smallest absolute Gasteiger partial charge is 0.303 e. The first-order valence-corrected chi connectivity index (χ1v) is 5.33. The Balaban J connectivity index is 3.63. The summed E-state index contributed by atoms with van der Waals surface area (Å²) < 4.78 is 0. The Morgan fingerprint density at radius 3 is 2.36 bits per heavy atom. The number of aliphatic carboxylic acids is 1. The van der Waals surface area contributed by atoms with Crippen molar-refractivity contribution in [3.8, 4) is 0 Å². The lowest BCUT2D eigenvalue weighted by Crippen LogP contribution is -2.40. The Labute approximate surface area is 87.1 Å². The fourth-order valence-corrected chi connectivity index (χ4v) is 1.20. The molecule has 0 atom stereocenters. The largest absolute Gasteiger partial charge is 0.481 e. The van der Waals surface area contributed by atoms with Gasteiger partial charge in [-0.25, -0.2) is 0 Å². The molecule has 14 heavy (non-hydrogen) atoms. The maximum Gasteiger partial charge on any atom is 0.303 e. The van der Waals surface area contributed by atoms with E-state index in [1.54, 1.807) is 0 Å². The molecule has 0 radical (unpaired) electrons. The Morgan fingerprint density at radius 2 is 1.93 bits per heavy atom. The molecule has 0 fully saturated rings. The Morgan fingerprint density at radius 1 is 1.36 bits per heavy atom. The molecule has 0 bridgehead atoms. The van der Waals surface area contributed by atoms with E-state index in [0.29, 0.717) is 6.42 Å². The normalized spacial score (nSPS) is 12.1. The highest BCUT2D eigenvalue weighted by atomic mass is 16.4. The predicted molar refractivity (Wildman–Crippen MR) is 58.5 cm³/mol.